The molecule has 2 aromatic carbocycles. The minimum atomic E-state index is 0.793. The van der Waals surface area contributed by atoms with Crippen LogP contribution in [0, 0.1) is 5.92 Å². The highest BCUT2D eigenvalue weighted by molar-refractivity contribution is 5.69. The second kappa shape index (κ2) is 7.92. The third kappa shape index (κ3) is 4.55. The number of rotatable bonds is 6. The Kier molecular flexibility index (Phi) is 5.41. The summed E-state index contributed by atoms with van der Waals surface area (Å²) in [7, 11) is 0. The van der Waals surface area contributed by atoms with Gasteiger partial charge in [-0.25, -0.2) is 0 Å². The first-order valence-electron chi connectivity index (χ1n) is 8.14. The number of benzene rings is 2. The van der Waals surface area contributed by atoms with E-state index in [0.717, 1.165) is 25.6 Å². The molecule has 0 aliphatic carbocycles. The van der Waals surface area contributed by atoms with Gasteiger partial charge in [0.1, 0.15) is 0 Å². The summed E-state index contributed by atoms with van der Waals surface area (Å²) in [5, 5.41) is 6.99. The molecule has 1 heterocycles. The molecule has 1 saturated heterocycles. The molecular weight excluding hydrogens is 268 g/mol. The van der Waals surface area contributed by atoms with Gasteiger partial charge in [0.15, 0.2) is 0 Å². The molecule has 0 aromatic heterocycles. The van der Waals surface area contributed by atoms with Gasteiger partial charge in [0.2, 0.25) is 0 Å². The zero-order valence-electron chi connectivity index (χ0n) is 13.0. The van der Waals surface area contributed by atoms with Gasteiger partial charge in [0.05, 0.1) is 0 Å². The van der Waals surface area contributed by atoms with E-state index in [4.69, 9.17) is 0 Å². The molecular formula is C20H24N2. The Bertz CT molecular complexity index is 598. The van der Waals surface area contributed by atoms with Gasteiger partial charge in [-0.3, -0.25) is 0 Å². The zero-order chi connectivity index (χ0) is 15.0. The summed E-state index contributed by atoms with van der Waals surface area (Å²) < 4.78 is 0. The summed E-state index contributed by atoms with van der Waals surface area (Å²) in [6, 6.07) is 19.2. The van der Waals surface area contributed by atoms with Gasteiger partial charge in [0, 0.05) is 6.54 Å². The van der Waals surface area contributed by atoms with E-state index in [9.17, 15) is 0 Å². The minimum Gasteiger partial charge on any atom is -0.316 e. The van der Waals surface area contributed by atoms with E-state index in [1.807, 2.05) is 6.07 Å². The van der Waals surface area contributed by atoms with Crippen LogP contribution >= 0.6 is 0 Å². The Labute approximate surface area is 133 Å². The van der Waals surface area contributed by atoms with Crippen LogP contribution in [0.4, 0.5) is 0 Å². The van der Waals surface area contributed by atoms with Gasteiger partial charge in [-0.05, 0) is 48.7 Å². The molecule has 2 aromatic rings. The van der Waals surface area contributed by atoms with Crippen LogP contribution in [-0.2, 0) is 6.54 Å². The highest BCUT2D eigenvalue weighted by Crippen LogP contribution is 2.11. The fourth-order valence-electron chi connectivity index (χ4n) is 2.87. The monoisotopic (exact) mass is 292 g/mol. The number of hydrogen-bond acceptors (Lipinski definition) is 2. The lowest BCUT2D eigenvalue weighted by Gasteiger charge is -2.10. The van der Waals surface area contributed by atoms with E-state index in [-0.39, 0.29) is 0 Å². The van der Waals surface area contributed by atoms with E-state index in [1.54, 1.807) is 0 Å². The van der Waals surface area contributed by atoms with E-state index in [0.29, 0.717) is 0 Å². The summed E-state index contributed by atoms with van der Waals surface area (Å²) in [6.07, 6.45) is 5.64. The summed E-state index contributed by atoms with van der Waals surface area (Å²) >= 11 is 0. The van der Waals surface area contributed by atoms with Crippen LogP contribution < -0.4 is 10.6 Å². The van der Waals surface area contributed by atoms with Crippen LogP contribution in [0.25, 0.3) is 12.2 Å². The predicted octanol–water partition coefficient (Wildman–Crippen LogP) is 3.56. The molecule has 22 heavy (non-hydrogen) atoms. The Morgan fingerprint density at radius 2 is 1.82 bits per heavy atom. The SMILES string of the molecule is C(=C/c1cccc(CNCC2CCNC2)c1)/c1ccccc1. The molecule has 1 aliphatic heterocycles. The van der Waals surface area contributed by atoms with Crippen molar-refractivity contribution in [3.05, 3.63) is 71.3 Å². The first-order valence-corrected chi connectivity index (χ1v) is 8.14. The van der Waals surface area contributed by atoms with Gasteiger partial charge in [-0.1, -0.05) is 66.7 Å². The Balaban J connectivity index is 1.54. The fraction of sp³-hybridized carbons (Fsp3) is 0.300. The van der Waals surface area contributed by atoms with Gasteiger partial charge in [-0.15, -0.1) is 0 Å². The average Bonchev–Trinajstić information content (AvgIpc) is 3.08. The molecule has 0 bridgehead atoms. The summed E-state index contributed by atoms with van der Waals surface area (Å²) in [5.41, 5.74) is 3.84. The normalized spacial score (nSPS) is 18.1. The van der Waals surface area contributed by atoms with Crippen LogP contribution in [0.15, 0.2) is 54.6 Å². The quantitative estimate of drug-likeness (QED) is 0.796. The highest BCUT2D eigenvalue weighted by atomic mass is 14.9. The number of hydrogen-bond donors (Lipinski definition) is 2. The predicted molar refractivity (Wildman–Crippen MR) is 94.5 cm³/mol. The molecule has 3 rings (SSSR count). The lowest BCUT2D eigenvalue weighted by Crippen LogP contribution is -2.24. The lowest BCUT2D eigenvalue weighted by molar-refractivity contribution is 0.512. The molecule has 2 heteroatoms. The Hall–Kier alpha value is -1.90. The van der Waals surface area contributed by atoms with Gasteiger partial charge in [-0.2, -0.15) is 0 Å². The fourth-order valence-corrected chi connectivity index (χ4v) is 2.87. The molecule has 0 saturated carbocycles. The maximum Gasteiger partial charge on any atom is 0.0205 e. The van der Waals surface area contributed by atoms with Crippen LogP contribution in [0.5, 0.6) is 0 Å². The highest BCUT2D eigenvalue weighted by Gasteiger charge is 2.13. The van der Waals surface area contributed by atoms with Crippen LogP contribution in [0.3, 0.4) is 0 Å². The van der Waals surface area contributed by atoms with Crippen molar-refractivity contribution in [2.45, 2.75) is 13.0 Å². The first kappa shape index (κ1) is 15.0. The van der Waals surface area contributed by atoms with E-state index in [1.165, 1.54) is 29.7 Å². The smallest absolute Gasteiger partial charge is 0.0205 e. The largest absolute Gasteiger partial charge is 0.316 e. The molecule has 114 valence electrons. The third-order valence-corrected chi connectivity index (χ3v) is 4.14. The maximum atomic E-state index is 3.58. The maximum absolute atomic E-state index is 3.58. The van der Waals surface area contributed by atoms with Gasteiger partial charge < -0.3 is 10.6 Å². The summed E-state index contributed by atoms with van der Waals surface area (Å²) in [5.74, 6) is 0.793. The van der Waals surface area contributed by atoms with Crippen LogP contribution in [-0.4, -0.2) is 19.6 Å². The van der Waals surface area contributed by atoms with Crippen LogP contribution in [0.1, 0.15) is 23.1 Å². The topological polar surface area (TPSA) is 24.1 Å². The second-order valence-corrected chi connectivity index (χ2v) is 5.98. The van der Waals surface area contributed by atoms with Crippen LogP contribution in [0.2, 0.25) is 0 Å². The molecule has 2 N–H and O–H groups in total. The minimum absolute atomic E-state index is 0.793. The molecule has 0 radical (unpaired) electrons. The Morgan fingerprint density at radius 1 is 1.00 bits per heavy atom. The Morgan fingerprint density at radius 3 is 2.64 bits per heavy atom. The molecule has 1 aliphatic rings. The van der Waals surface area contributed by atoms with Gasteiger partial charge >= 0.3 is 0 Å². The number of nitrogens with one attached hydrogen (secondary N) is 2. The van der Waals surface area contributed by atoms with Crippen molar-refractivity contribution in [1.29, 1.82) is 0 Å². The van der Waals surface area contributed by atoms with E-state index in [2.05, 4.69) is 71.3 Å². The molecule has 2 nitrogen and oxygen atoms in total. The van der Waals surface area contributed by atoms with Crippen molar-refractivity contribution in [2.75, 3.05) is 19.6 Å². The van der Waals surface area contributed by atoms with Crippen molar-refractivity contribution in [1.82, 2.24) is 10.6 Å². The molecule has 0 amide bonds. The second-order valence-electron chi connectivity index (χ2n) is 5.98. The van der Waals surface area contributed by atoms with Crippen molar-refractivity contribution in [2.24, 2.45) is 5.92 Å². The van der Waals surface area contributed by atoms with Gasteiger partial charge in [0.25, 0.3) is 0 Å². The van der Waals surface area contributed by atoms with Crippen molar-refractivity contribution in [3.63, 3.8) is 0 Å². The molecule has 1 unspecified atom stereocenters. The molecule has 1 atom stereocenters. The molecule has 1 fully saturated rings. The first-order chi connectivity index (χ1) is 10.9. The standard InChI is InChI=1S/C20H24N2/c1-2-5-17(6-3-1)9-10-18-7-4-8-19(13-18)14-22-16-20-11-12-21-15-20/h1-10,13,20-22H,11-12,14-16H2/b10-9-. The lowest BCUT2D eigenvalue weighted by atomic mass is 10.1. The average molecular weight is 292 g/mol. The molecule has 0 spiro atoms. The van der Waals surface area contributed by atoms with Crippen molar-refractivity contribution >= 4 is 12.2 Å². The van der Waals surface area contributed by atoms with Crippen molar-refractivity contribution < 1.29 is 0 Å². The van der Waals surface area contributed by atoms with Crippen molar-refractivity contribution in [3.8, 4) is 0 Å². The summed E-state index contributed by atoms with van der Waals surface area (Å²) in [6.45, 7) is 4.39. The zero-order valence-corrected chi connectivity index (χ0v) is 13.0. The third-order valence-electron chi connectivity index (χ3n) is 4.14. The van der Waals surface area contributed by atoms with E-state index >= 15 is 0 Å². The summed E-state index contributed by atoms with van der Waals surface area (Å²) in [4.78, 5) is 0. The van der Waals surface area contributed by atoms with E-state index < -0.39 is 0 Å².